The maximum absolute atomic E-state index is 12.2. The zero-order valence-corrected chi connectivity index (χ0v) is 11.8. The Kier molecular flexibility index (Phi) is 4.32. The standard InChI is InChI=1S/C14H20N2O4/c1-3-12(14(18)19-4-2)20-13(17)11-7-9(15)8-16(11)10-5-6-10/h7-8,10,12H,3-6,15H2,1-2H3. The molecular formula is C14H20N2O4. The monoisotopic (exact) mass is 280 g/mol. The highest BCUT2D eigenvalue weighted by Gasteiger charge is 2.30. The molecule has 0 saturated heterocycles. The first-order valence-corrected chi connectivity index (χ1v) is 6.91. The maximum atomic E-state index is 12.2. The first-order valence-electron chi connectivity index (χ1n) is 6.91. The number of nitrogens with zero attached hydrogens (tertiary/aromatic N) is 1. The Morgan fingerprint density at radius 3 is 2.70 bits per heavy atom. The Hall–Kier alpha value is -1.98. The average molecular weight is 280 g/mol. The van der Waals surface area contributed by atoms with Crippen molar-refractivity contribution in [3.05, 3.63) is 18.0 Å². The van der Waals surface area contributed by atoms with E-state index in [1.807, 2.05) is 4.57 Å². The minimum atomic E-state index is -0.869. The smallest absolute Gasteiger partial charge is 0.355 e. The van der Waals surface area contributed by atoms with Gasteiger partial charge in [0.1, 0.15) is 5.69 Å². The second-order valence-corrected chi connectivity index (χ2v) is 4.85. The van der Waals surface area contributed by atoms with Gasteiger partial charge in [0.25, 0.3) is 0 Å². The third kappa shape index (κ3) is 3.12. The zero-order valence-electron chi connectivity index (χ0n) is 11.8. The van der Waals surface area contributed by atoms with Gasteiger partial charge in [-0.15, -0.1) is 0 Å². The summed E-state index contributed by atoms with van der Waals surface area (Å²) in [5.41, 5.74) is 6.65. The number of ether oxygens (including phenoxy) is 2. The van der Waals surface area contributed by atoms with E-state index in [1.165, 1.54) is 0 Å². The van der Waals surface area contributed by atoms with Crippen LogP contribution in [0.25, 0.3) is 0 Å². The zero-order chi connectivity index (χ0) is 14.7. The van der Waals surface area contributed by atoms with Crippen LogP contribution in [0.5, 0.6) is 0 Å². The summed E-state index contributed by atoms with van der Waals surface area (Å²) in [6.07, 6.45) is 3.31. The predicted octanol–water partition coefficient (Wildman–Crippen LogP) is 1.90. The Balaban J connectivity index is 2.08. The van der Waals surface area contributed by atoms with Gasteiger partial charge in [0.2, 0.25) is 0 Å². The number of rotatable bonds is 6. The number of anilines is 1. The lowest BCUT2D eigenvalue weighted by molar-refractivity contribution is -0.153. The van der Waals surface area contributed by atoms with Crippen LogP contribution >= 0.6 is 0 Å². The number of nitrogen functional groups attached to an aromatic ring is 1. The van der Waals surface area contributed by atoms with Gasteiger partial charge >= 0.3 is 11.9 Å². The van der Waals surface area contributed by atoms with Crippen LogP contribution in [0.15, 0.2) is 12.3 Å². The summed E-state index contributed by atoms with van der Waals surface area (Å²) < 4.78 is 12.0. The lowest BCUT2D eigenvalue weighted by atomic mass is 10.3. The highest BCUT2D eigenvalue weighted by Crippen LogP contribution is 2.37. The third-order valence-electron chi connectivity index (χ3n) is 3.19. The molecule has 0 spiro atoms. The highest BCUT2D eigenvalue weighted by molar-refractivity contribution is 5.91. The molecular weight excluding hydrogens is 260 g/mol. The molecule has 1 atom stereocenters. The molecule has 0 bridgehead atoms. The van der Waals surface area contributed by atoms with Gasteiger partial charge in [-0.3, -0.25) is 0 Å². The third-order valence-corrected chi connectivity index (χ3v) is 3.19. The molecule has 0 aromatic carbocycles. The molecule has 110 valence electrons. The number of carbonyl (C=O) groups is 2. The number of hydrogen-bond acceptors (Lipinski definition) is 5. The number of aromatic nitrogens is 1. The quantitative estimate of drug-likeness (QED) is 0.805. The fourth-order valence-electron chi connectivity index (χ4n) is 2.04. The van der Waals surface area contributed by atoms with Gasteiger partial charge in [-0.25, -0.2) is 9.59 Å². The molecule has 6 nitrogen and oxygen atoms in total. The van der Waals surface area contributed by atoms with Crippen molar-refractivity contribution in [2.45, 2.75) is 45.3 Å². The summed E-state index contributed by atoms with van der Waals surface area (Å²) in [6, 6.07) is 1.90. The first kappa shape index (κ1) is 14.4. The molecule has 1 fully saturated rings. The lowest BCUT2D eigenvalue weighted by Gasteiger charge is -2.15. The van der Waals surface area contributed by atoms with E-state index >= 15 is 0 Å². The second kappa shape index (κ2) is 5.98. The first-order chi connectivity index (χ1) is 9.56. The largest absolute Gasteiger partial charge is 0.463 e. The summed E-state index contributed by atoms with van der Waals surface area (Å²) in [4.78, 5) is 23.8. The van der Waals surface area contributed by atoms with Crippen LogP contribution < -0.4 is 5.73 Å². The molecule has 20 heavy (non-hydrogen) atoms. The van der Waals surface area contributed by atoms with E-state index in [0.29, 0.717) is 23.8 Å². The molecule has 2 rings (SSSR count). The van der Waals surface area contributed by atoms with E-state index in [4.69, 9.17) is 15.2 Å². The summed E-state index contributed by atoms with van der Waals surface area (Å²) in [7, 11) is 0. The van der Waals surface area contributed by atoms with Crippen LogP contribution in [-0.4, -0.2) is 29.2 Å². The van der Waals surface area contributed by atoms with Gasteiger partial charge < -0.3 is 19.8 Å². The molecule has 1 aliphatic carbocycles. The molecule has 2 N–H and O–H groups in total. The van der Waals surface area contributed by atoms with Gasteiger partial charge in [0.15, 0.2) is 6.10 Å². The summed E-state index contributed by atoms with van der Waals surface area (Å²) >= 11 is 0. The molecule has 1 aromatic heterocycles. The molecule has 1 saturated carbocycles. The average Bonchev–Trinajstić information content (AvgIpc) is 3.18. The summed E-state index contributed by atoms with van der Waals surface area (Å²) in [5.74, 6) is -1.05. The highest BCUT2D eigenvalue weighted by atomic mass is 16.6. The van der Waals surface area contributed by atoms with Crippen LogP contribution in [0.4, 0.5) is 5.69 Å². The Labute approximate surface area is 117 Å². The van der Waals surface area contributed by atoms with Crippen molar-refractivity contribution in [3.63, 3.8) is 0 Å². The maximum Gasteiger partial charge on any atom is 0.355 e. The number of nitrogens with two attached hydrogens (primary N) is 1. The van der Waals surface area contributed by atoms with E-state index in [-0.39, 0.29) is 6.61 Å². The van der Waals surface area contributed by atoms with Crippen molar-refractivity contribution < 1.29 is 19.1 Å². The normalized spacial score (nSPS) is 15.7. The van der Waals surface area contributed by atoms with Crippen molar-refractivity contribution in [3.8, 4) is 0 Å². The van der Waals surface area contributed by atoms with Gasteiger partial charge in [0, 0.05) is 12.2 Å². The number of esters is 2. The van der Waals surface area contributed by atoms with E-state index in [2.05, 4.69) is 0 Å². The van der Waals surface area contributed by atoms with Gasteiger partial charge in [-0.1, -0.05) is 6.92 Å². The van der Waals surface area contributed by atoms with E-state index < -0.39 is 18.0 Å². The molecule has 1 aromatic rings. The van der Waals surface area contributed by atoms with E-state index in [1.54, 1.807) is 26.1 Å². The molecule has 0 amide bonds. The van der Waals surface area contributed by atoms with Crippen LogP contribution in [0.2, 0.25) is 0 Å². The predicted molar refractivity (Wildman–Crippen MR) is 73.2 cm³/mol. The second-order valence-electron chi connectivity index (χ2n) is 4.85. The molecule has 1 aliphatic rings. The lowest BCUT2D eigenvalue weighted by Crippen LogP contribution is -2.29. The van der Waals surface area contributed by atoms with Crippen LogP contribution in [0, 0.1) is 0 Å². The SMILES string of the molecule is CCOC(=O)C(CC)OC(=O)c1cc(N)cn1C1CC1. The van der Waals surface area contributed by atoms with E-state index in [0.717, 1.165) is 12.8 Å². The minimum absolute atomic E-state index is 0.262. The van der Waals surface area contributed by atoms with E-state index in [9.17, 15) is 9.59 Å². The van der Waals surface area contributed by atoms with Gasteiger partial charge in [0.05, 0.1) is 12.3 Å². The van der Waals surface area contributed by atoms with Crippen molar-refractivity contribution in [1.29, 1.82) is 0 Å². The van der Waals surface area contributed by atoms with Crippen molar-refractivity contribution in [2.75, 3.05) is 12.3 Å². The minimum Gasteiger partial charge on any atom is -0.463 e. The number of hydrogen-bond donors (Lipinski definition) is 1. The molecule has 1 heterocycles. The molecule has 1 unspecified atom stereocenters. The van der Waals surface area contributed by atoms with Crippen molar-refractivity contribution >= 4 is 17.6 Å². The Morgan fingerprint density at radius 1 is 1.45 bits per heavy atom. The molecule has 0 aliphatic heterocycles. The topological polar surface area (TPSA) is 83.6 Å². The van der Waals surface area contributed by atoms with Crippen LogP contribution in [0.1, 0.15) is 49.6 Å². The summed E-state index contributed by atoms with van der Waals surface area (Å²) in [5, 5.41) is 0. The molecule has 0 radical (unpaired) electrons. The van der Waals surface area contributed by atoms with Crippen molar-refractivity contribution in [2.24, 2.45) is 0 Å². The van der Waals surface area contributed by atoms with Gasteiger partial charge in [-0.2, -0.15) is 0 Å². The Bertz CT molecular complexity index is 505. The fourth-order valence-corrected chi connectivity index (χ4v) is 2.04. The number of carbonyl (C=O) groups excluding carboxylic acids is 2. The van der Waals surface area contributed by atoms with Crippen LogP contribution in [-0.2, 0) is 14.3 Å². The van der Waals surface area contributed by atoms with Crippen LogP contribution in [0.3, 0.4) is 0 Å². The summed E-state index contributed by atoms with van der Waals surface area (Å²) in [6.45, 7) is 3.74. The Morgan fingerprint density at radius 2 is 2.15 bits per heavy atom. The fraction of sp³-hybridized carbons (Fsp3) is 0.571. The van der Waals surface area contributed by atoms with Crippen molar-refractivity contribution in [1.82, 2.24) is 4.57 Å². The molecule has 6 heteroatoms. The van der Waals surface area contributed by atoms with Gasteiger partial charge in [-0.05, 0) is 32.3 Å².